The zero-order chi connectivity index (χ0) is 12.0. The average Bonchev–Trinajstić information content (AvgIpc) is 2.22. The van der Waals surface area contributed by atoms with Gasteiger partial charge in [0.15, 0.2) is 0 Å². The van der Waals surface area contributed by atoms with Gasteiger partial charge in [-0.2, -0.15) is 0 Å². The highest BCUT2D eigenvalue weighted by Gasteiger charge is 2.08. The highest BCUT2D eigenvalue weighted by molar-refractivity contribution is 6.14. The summed E-state index contributed by atoms with van der Waals surface area (Å²) in [5, 5.41) is 0. The van der Waals surface area contributed by atoms with Gasteiger partial charge in [-0.25, -0.2) is 0 Å². The van der Waals surface area contributed by atoms with Crippen LogP contribution in [0, 0.1) is 0 Å². The highest BCUT2D eigenvalue weighted by atomic mass is 14.7. The van der Waals surface area contributed by atoms with Crippen LogP contribution in [-0.4, -0.2) is 12.3 Å². The van der Waals surface area contributed by atoms with Crippen molar-refractivity contribution in [1.29, 1.82) is 0 Å². The molecule has 0 radical (unpaired) electrons. The summed E-state index contributed by atoms with van der Waals surface area (Å²) < 4.78 is 0. The highest BCUT2D eigenvalue weighted by Crippen LogP contribution is 2.18. The third-order valence-corrected chi connectivity index (χ3v) is 2.61. The second-order valence-corrected chi connectivity index (χ2v) is 3.90. The van der Waals surface area contributed by atoms with Crippen molar-refractivity contribution in [3.63, 3.8) is 0 Å². The Hall–Kier alpha value is -1.11. The molecule has 0 aliphatic rings. The minimum atomic E-state index is 0.801. The number of hydrogen-bond acceptors (Lipinski definition) is 1. The molecule has 0 rings (SSSR count). The molecule has 0 aliphatic heterocycles. The van der Waals surface area contributed by atoms with Gasteiger partial charge >= 0.3 is 0 Å². The molecular formula is C14H23N. The molecular weight excluding hydrogens is 182 g/mol. The fraction of sp³-hybridized carbons (Fsp3) is 0.500. The number of nitrogens with zero attached hydrogens (tertiary/aromatic N) is 1. The van der Waals surface area contributed by atoms with Crippen LogP contribution in [0.2, 0.25) is 0 Å². The number of rotatable bonds is 4. The van der Waals surface area contributed by atoms with Crippen molar-refractivity contribution in [2.45, 2.75) is 41.5 Å². The molecule has 0 N–H and O–H groups in total. The SMILES string of the molecule is C=C(C(C)=C(C)C)C(=N\CC)/C(C)=C\C. The van der Waals surface area contributed by atoms with Gasteiger partial charge < -0.3 is 0 Å². The maximum Gasteiger partial charge on any atom is 0.0668 e. The quantitative estimate of drug-likeness (QED) is 0.478. The van der Waals surface area contributed by atoms with Crippen LogP contribution in [0.1, 0.15) is 41.5 Å². The maximum absolute atomic E-state index is 4.51. The molecule has 0 atom stereocenters. The van der Waals surface area contributed by atoms with Crippen molar-refractivity contribution >= 4 is 5.71 Å². The number of allylic oxidation sites excluding steroid dienone is 5. The Labute approximate surface area is 94.3 Å². The zero-order valence-corrected chi connectivity index (χ0v) is 10.9. The van der Waals surface area contributed by atoms with Crippen LogP contribution in [0.5, 0.6) is 0 Å². The van der Waals surface area contributed by atoms with Gasteiger partial charge in [0, 0.05) is 6.54 Å². The van der Waals surface area contributed by atoms with Gasteiger partial charge in [0.1, 0.15) is 0 Å². The Bertz CT molecular complexity index is 323. The van der Waals surface area contributed by atoms with Crippen LogP contribution in [0.4, 0.5) is 0 Å². The second-order valence-electron chi connectivity index (χ2n) is 3.90. The third-order valence-electron chi connectivity index (χ3n) is 2.61. The Kier molecular flexibility index (Phi) is 5.92. The average molecular weight is 205 g/mol. The molecule has 0 saturated heterocycles. The lowest BCUT2D eigenvalue weighted by molar-refractivity contribution is 1.12. The molecule has 1 nitrogen and oxygen atoms in total. The van der Waals surface area contributed by atoms with E-state index in [9.17, 15) is 0 Å². The summed E-state index contributed by atoms with van der Waals surface area (Å²) in [6, 6.07) is 0. The third kappa shape index (κ3) is 3.86. The van der Waals surface area contributed by atoms with Crippen LogP contribution in [0.15, 0.2) is 39.9 Å². The lowest BCUT2D eigenvalue weighted by Gasteiger charge is -2.12. The minimum Gasteiger partial charge on any atom is -0.285 e. The van der Waals surface area contributed by atoms with Gasteiger partial charge in [-0.1, -0.05) is 18.2 Å². The molecule has 0 spiro atoms. The summed E-state index contributed by atoms with van der Waals surface area (Å²) >= 11 is 0. The monoisotopic (exact) mass is 205 g/mol. The molecule has 1 heteroatoms. The molecule has 0 aliphatic carbocycles. The van der Waals surface area contributed by atoms with E-state index >= 15 is 0 Å². The van der Waals surface area contributed by atoms with Crippen LogP contribution in [0.3, 0.4) is 0 Å². The Morgan fingerprint density at radius 1 is 1.20 bits per heavy atom. The molecule has 0 amide bonds. The van der Waals surface area contributed by atoms with E-state index in [2.05, 4.69) is 45.3 Å². The predicted molar refractivity (Wildman–Crippen MR) is 70.6 cm³/mol. The lowest BCUT2D eigenvalue weighted by atomic mass is 9.96. The van der Waals surface area contributed by atoms with Gasteiger partial charge in [0.25, 0.3) is 0 Å². The van der Waals surface area contributed by atoms with Gasteiger partial charge in [-0.05, 0) is 58.3 Å². The molecule has 0 aromatic carbocycles. The standard InChI is InChI=1S/C14H23N/c1-8-11(5)14(15-9-2)13(7)12(6)10(3)4/h8H,7,9H2,1-6H3/b11-8-,15-14-. The van der Waals surface area contributed by atoms with E-state index in [1.807, 2.05) is 13.8 Å². The summed E-state index contributed by atoms with van der Waals surface area (Å²) in [4.78, 5) is 4.51. The fourth-order valence-corrected chi connectivity index (χ4v) is 1.23. The lowest BCUT2D eigenvalue weighted by Crippen LogP contribution is -2.06. The Balaban J connectivity index is 5.25. The van der Waals surface area contributed by atoms with Crippen LogP contribution < -0.4 is 0 Å². The smallest absolute Gasteiger partial charge is 0.0668 e. The summed E-state index contributed by atoms with van der Waals surface area (Å²) in [7, 11) is 0. The van der Waals surface area contributed by atoms with Crippen molar-refractivity contribution in [3.8, 4) is 0 Å². The minimum absolute atomic E-state index is 0.801. The molecule has 0 unspecified atom stereocenters. The molecule has 0 heterocycles. The molecule has 0 saturated carbocycles. The van der Waals surface area contributed by atoms with Gasteiger partial charge in [0.05, 0.1) is 5.71 Å². The van der Waals surface area contributed by atoms with E-state index in [-0.39, 0.29) is 0 Å². The van der Waals surface area contributed by atoms with Crippen molar-refractivity contribution in [2.24, 2.45) is 4.99 Å². The zero-order valence-electron chi connectivity index (χ0n) is 10.9. The molecule has 0 fully saturated rings. The molecule has 0 bridgehead atoms. The van der Waals surface area contributed by atoms with Gasteiger partial charge in [-0.15, -0.1) is 0 Å². The van der Waals surface area contributed by atoms with Crippen molar-refractivity contribution in [2.75, 3.05) is 6.54 Å². The molecule has 15 heavy (non-hydrogen) atoms. The first-order valence-electron chi connectivity index (χ1n) is 5.47. The molecule has 84 valence electrons. The van der Waals surface area contributed by atoms with E-state index in [1.165, 1.54) is 16.7 Å². The van der Waals surface area contributed by atoms with E-state index in [1.54, 1.807) is 0 Å². The largest absolute Gasteiger partial charge is 0.285 e. The van der Waals surface area contributed by atoms with E-state index in [0.717, 1.165) is 17.8 Å². The fourth-order valence-electron chi connectivity index (χ4n) is 1.23. The Morgan fingerprint density at radius 2 is 1.73 bits per heavy atom. The van der Waals surface area contributed by atoms with Crippen LogP contribution in [0.25, 0.3) is 0 Å². The second kappa shape index (κ2) is 6.39. The summed E-state index contributed by atoms with van der Waals surface area (Å²) in [6.45, 7) is 17.4. The van der Waals surface area contributed by atoms with Gasteiger partial charge in [0.2, 0.25) is 0 Å². The predicted octanol–water partition coefficient (Wildman–Crippen LogP) is 4.33. The van der Waals surface area contributed by atoms with Crippen molar-refractivity contribution in [3.05, 3.63) is 34.9 Å². The topological polar surface area (TPSA) is 12.4 Å². The first-order valence-corrected chi connectivity index (χ1v) is 5.47. The van der Waals surface area contributed by atoms with E-state index in [4.69, 9.17) is 0 Å². The van der Waals surface area contributed by atoms with Crippen molar-refractivity contribution in [1.82, 2.24) is 0 Å². The Morgan fingerprint density at radius 3 is 2.07 bits per heavy atom. The molecule has 0 aromatic rings. The summed E-state index contributed by atoms with van der Waals surface area (Å²) in [5.74, 6) is 0. The van der Waals surface area contributed by atoms with Crippen molar-refractivity contribution < 1.29 is 0 Å². The van der Waals surface area contributed by atoms with Gasteiger partial charge in [-0.3, -0.25) is 4.99 Å². The van der Waals surface area contributed by atoms with E-state index in [0.29, 0.717) is 0 Å². The first-order chi connectivity index (χ1) is 6.95. The van der Waals surface area contributed by atoms with Crippen LogP contribution >= 0.6 is 0 Å². The maximum atomic E-state index is 4.51. The van der Waals surface area contributed by atoms with E-state index < -0.39 is 0 Å². The number of aliphatic imine (C=N–C) groups is 1. The van der Waals surface area contributed by atoms with Crippen LogP contribution in [-0.2, 0) is 0 Å². The normalized spacial score (nSPS) is 12.7. The summed E-state index contributed by atoms with van der Waals surface area (Å²) in [5.41, 5.74) is 5.82. The number of hydrogen-bond donors (Lipinski definition) is 0. The summed E-state index contributed by atoms with van der Waals surface area (Å²) in [6.07, 6.45) is 2.08. The first kappa shape index (κ1) is 13.9. The molecule has 0 aromatic heterocycles.